The number of nitrogens with zero attached hydrogens (tertiary/aromatic N) is 11. The zero-order valence-corrected chi connectivity index (χ0v) is 80.3. The van der Waals surface area contributed by atoms with Crippen LogP contribution in [0.25, 0.3) is 55.8 Å². The van der Waals surface area contributed by atoms with Gasteiger partial charge in [-0.25, -0.2) is 14.6 Å². The van der Waals surface area contributed by atoms with Crippen molar-refractivity contribution in [3.63, 3.8) is 0 Å². The van der Waals surface area contributed by atoms with E-state index in [9.17, 15) is 43.5 Å². The van der Waals surface area contributed by atoms with Crippen molar-refractivity contribution >= 4 is 121 Å². The van der Waals surface area contributed by atoms with E-state index in [1.165, 1.54) is 42.7 Å². The van der Waals surface area contributed by atoms with E-state index in [1.807, 2.05) is 120 Å². The number of esters is 8. The van der Waals surface area contributed by atoms with Crippen molar-refractivity contribution in [2.24, 2.45) is 60.3 Å². The molecule has 35 heteroatoms. The predicted molar refractivity (Wildman–Crippen MR) is 490 cm³/mol. The molecule has 7 aliphatic rings. The number of aromatic nitrogens is 7. The van der Waals surface area contributed by atoms with Gasteiger partial charge in [-0.1, -0.05) is 71.2 Å². The van der Waals surface area contributed by atoms with Crippen LogP contribution in [0.2, 0.25) is 0 Å². The van der Waals surface area contributed by atoms with Gasteiger partial charge in [-0.2, -0.15) is 5.70 Å². The molecule has 11 rings (SSSR count). The third-order valence-corrected chi connectivity index (χ3v) is 27.4. The van der Waals surface area contributed by atoms with Crippen molar-refractivity contribution in [3.05, 3.63) is 153 Å². The summed E-state index contributed by atoms with van der Waals surface area (Å²) in [4.78, 5) is 157. The molecule has 9 atom stereocenters. The maximum Gasteiger partial charge on any atom is 3.00 e. The number of rotatable bonds is 40. The molecular formula is C98H122CoN13O21. The first-order valence-electron chi connectivity index (χ1n) is 44.0. The molecule has 4 aromatic heterocycles. The van der Waals surface area contributed by atoms with Gasteiger partial charge in [-0.05, 0) is 173 Å². The standard InChI is InChI=1S/C96H123N11O21.2CN.Co/c1-21-60-53(3)68-44-69-55(5)62(23-28-78(108)109)74(99-69)47-75-63(56(6)71(100-75)46-73-61(22-2)54(4)70(98-73)45-72(60)97-68)24-29-83(114)127-42-41-126-40-39-125-38-37-124-36-35-107-51-59(105-106-107)52-128-86(117)49-94(12)64(25-30-79(110)118-15)76-48-77-92(9,10)65(26-31-80(111)119-16)87(102-77)57(7)89-93(11,34-33-82(113)121-18)67(43-84(115)122-19)91(103-89)96(14)95(13,50-85(116)123-20)66(27-32-81(112)120-17)88(104-96)58(8)90(94)101-76;2*1-2;/h21-22,44-48,51,64-67,91H,1-2,23-43,49-50,52H2,3-20H3,(H4,97,98,99,100,101,102,103,104,105,106,108,109);;;/q;2*-1;+3/p-1/t64-,65-,66-,67+,91?,93-,94+,95+,96+;;;/m1.../s1. The number of hydrogen-bond acceptors (Lipinski definition) is 29. The van der Waals surface area contributed by atoms with Crippen LogP contribution < -0.4 is 0 Å². The Morgan fingerprint density at radius 3 is 1.71 bits per heavy atom. The zero-order valence-electron chi connectivity index (χ0n) is 79.3. The number of carbonyl (C=O) groups excluding carboxylic acids is 8. The van der Waals surface area contributed by atoms with Gasteiger partial charge in [0, 0.05) is 135 Å². The molecule has 1 fully saturated rings. The molecule has 0 amide bonds. The summed E-state index contributed by atoms with van der Waals surface area (Å²) in [5, 5.41) is 36.6. The summed E-state index contributed by atoms with van der Waals surface area (Å²) in [7, 11) is 7.79. The topological polar surface area (TPSA) is 462 Å². The molecule has 16 bridgehead atoms. The number of aromatic amines is 2. The summed E-state index contributed by atoms with van der Waals surface area (Å²) in [6.07, 6.45) is 7.18. The van der Waals surface area contributed by atoms with Crippen LogP contribution in [-0.2, 0) is 132 Å². The predicted octanol–water partition coefficient (Wildman–Crippen LogP) is 14.7. The molecule has 133 heavy (non-hydrogen) atoms. The van der Waals surface area contributed by atoms with E-state index in [2.05, 4.69) is 33.4 Å². The first-order valence-corrected chi connectivity index (χ1v) is 44.0. The fourth-order valence-electron chi connectivity index (χ4n) is 19.6. The van der Waals surface area contributed by atoms with Gasteiger partial charge in [0.15, 0.2) is 0 Å². The van der Waals surface area contributed by atoms with E-state index >= 15 is 4.79 Å². The van der Waals surface area contributed by atoms with E-state index < -0.39 is 111 Å². The Hall–Kier alpha value is -12.2. The molecule has 0 aliphatic carbocycles. The van der Waals surface area contributed by atoms with E-state index in [0.717, 1.165) is 72.3 Å². The number of nitrogens with one attached hydrogen (secondary N) is 2. The van der Waals surface area contributed by atoms with Crippen LogP contribution in [0.4, 0.5) is 0 Å². The van der Waals surface area contributed by atoms with Crippen molar-refractivity contribution in [1.82, 2.24) is 34.9 Å². The van der Waals surface area contributed by atoms with Crippen LogP contribution >= 0.6 is 0 Å². The van der Waals surface area contributed by atoms with E-state index in [4.69, 9.17) is 106 Å². The van der Waals surface area contributed by atoms with Gasteiger partial charge >= 0.3 is 70.5 Å². The fourth-order valence-corrected chi connectivity index (χ4v) is 19.6. The Balaban J connectivity index is 0.00000430. The first kappa shape index (κ1) is 106. The normalized spacial score (nSPS) is 23.3. The molecule has 0 spiro atoms. The number of H-pyrrole nitrogens is 2. The van der Waals surface area contributed by atoms with Crippen molar-refractivity contribution in [2.45, 2.75) is 204 Å². The molecule has 1 saturated heterocycles. The van der Waals surface area contributed by atoms with E-state index in [1.54, 1.807) is 17.0 Å². The Morgan fingerprint density at radius 2 is 1.10 bits per heavy atom. The number of aliphatic carboxylic acids is 1. The van der Waals surface area contributed by atoms with Crippen molar-refractivity contribution in [3.8, 4) is 0 Å². The molecule has 11 heterocycles. The number of ether oxygens (including phenoxy) is 11. The minimum atomic E-state index is -1.48. The number of carboxylic acid groups (broad SMARTS) is 1. The van der Waals surface area contributed by atoms with Crippen LogP contribution in [0.1, 0.15) is 210 Å². The number of aliphatic imine (C=N–C) groups is 3. The minimum absolute atomic E-state index is 0. The number of carboxylic acids is 1. The van der Waals surface area contributed by atoms with E-state index in [-0.39, 0.29) is 160 Å². The van der Waals surface area contributed by atoms with E-state index in [0.29, 0.717) is 81.1 Å². The summed E-state index contributed by atoms with van der Waals surface area (Å²) < 4.78 is 62.7. The van der Waals surface area contributed by atoms with Gasteiger partial charge in [0.05, 0.1) is 142 Å². The molecule has 3 N–H and O–H groups in total. The SMILES string of the molecule is C=CC1=C(C)c2cc3[nH]c(cc4nc(cc5[nH]c(cc1n2)c(C)c5CCC(=O)OCCOCCOCCOCCn1cc(COC(=O)C[C@]2(C)/C5=C(\C)C6=N[C@@](C)(C7[N-]/C(=C(/C)C8=N/C(=C\C(=N5)[C@H]2CCC(=O)OC)C(C)(C)[C@@H]8CCC(=O)OC)[C@](C)(CCC(=O)OC)[C@H]7CC(=O)OC)[C@@](C)(CC(=O)OC)[C@@H]6CCC(=O)OC)nn1)C(CCC(=O)O)=C4C)c(C)c3C=C.[C-]#N.[C-]#N.[Co+3]. The number of allylic oxidation sites excluding steroid dienone is 11. The van der Waals surface area contributed by atoms with Crippen LogP contribution in [0.5, 0.6) is 0 Å². The number of methoxy groups -OCH3 is 6. The monoisotopic (exact) mass is 1880 g/mol. The second-order valence-electron chi connectivity index (χ2n) is 35.1. The second kappa shape index (κ2) is 46.5. The summed E-state index contributed by atoms with van der Waals surface area (Å²) in [5.74, 6) is -7.96. The van der Waals surface area contributed by atoms with Crippen molar-refractivity contribution in [2.75, 3.05) is 88.9 Å². The number of fused-ring (bicyclic) bond motifs is 14. The smallest absolute Gasteiger partial charge is 0.682 e. The van der Waals surface area contributed by atoms with Crippen molar-refractivity contribution < 1.29 is 117 Å². The largest absolute Gasteiger partial charge is 3.00 e. The third kappa shape index (κ3) is 23.2. The summed E-state index contributed by atoms with van der Waals surface area (Å²) >= 11 is 0. The molecule has 0 radical (unpaired) electrons. The quantitative estimate of drug-likeness (QED) is 0.0161. The van der Waals surface area contributed by atoms with Crippen LogP contribution in [0, 0.1) is 82.8 Å². The average molecular weight is 1880 g/mol. The molecule has 1 unspecified atom stereocenters. The van der Waals surface area contributed by atoms with Gasteiger partial charge < -0.3 is 96.2 Å². The van der Waals surface area contributed by atoms with Gasteiger partial charge in [0.2, 0.25) is 0 Å². The fraction of sp³-hybridized carbons (Fsp3) is 0.531. The van der Waals surface area contributed by atoms with Gasteiger partial charge in [-0.3, -0.25) is 58.1 Å². The van der Waals surface area contributed by atoms with Crippen LogP contribution in [0.3, 0.4) is 0 Å². The summed E-state index contributed by atoms with van der Waals surface area (Å²) in [6.45, 7) is 42.5. The second-order valence-corrected chi connectivity index (χ2v) is 35.1. The van der Waals surface area contributed by atoms with Gasteiger partial charge in [0.25, 0.3) is 0 Å². The number of aryl methyl sites for hydroxylation is 3. The van der Waals surface area contributed by atoms with Gasteiger partial charge in [0.1, 0.15) is 18.9 Å². The average Bonchev–Trinajstić information content (AvgIpc) is 1.52. The molecule has 714 valence electrons. The minimum Gasteiger partial charge on any atom is -0.682 e. The molecule has 34 nitrogen and oxygen atoms in total. The Morgan fingerprint density at radius 1 is 0.549 bits per heavy atom. The molecule has 7 aliphatic heterocycles. The molecule has 4 aromatic rings. The van der Waals surface area contributed by atoms with Crippen molar-refractivity contribution in [1.29, 1.82) is 10.5 Å². The molecule has 0 saturated carbocycles. The van der Waals surface area contributed by atoms with Gasteiger partial charge in [-0.15, -0.1) is 5.10 Å². The number of carbonyl (C=O) groups is 9. The summed E-state index contributed by atoms with van der Waals surface area (Å²) in [6, 6.07) is 6.92. The van der Waals surface area contributed by atoms with Crippen LogP contribution in [0.15, 0.2) is 99.0 Å². The molecule has 0 aromatic carbocycles. The Kier molecular flexibility index (Phi) is 37.1. The Labute approximate surface area is 786 Å². The maximum absolute atomic E-state index is 15.0. The van der Waals surface area contributed by atoms with Crippen LogP contribution in [-0.4, -0.2) is 211 Å². The third-order valence-electron chi connectivity index (χ3n) is 27.4. The maximum atomic E-state index is 15.0. The Bertz CT molecular complexity index is 5610. The first-order chi connectivity index (χ1) is 62.9. The zero-order chi connectivity index (χ0) is 97.1. The molecular weight excluding hydrogens is 1750 g/mol. The summed E-state index contributed by atoms with van der Waals surface area (Å²) in [5.41, 5.74) is 11.4. The number of hydrogen-bond donors (Lipinski definition) is 3.